The maximum Gasteiger partial charge on any atom is 0.250 e. The molecule has 2 unspecified atom stereocenters. The fourth-order valence-electron chi connectivity index (χ4n) is 6.24. The van der Waals surface area contributed by atoms with Crippen molar-refractivity contribution in [1.29, 1.82) is 0 Å². The molecule has 0 heterocycles. The van der Waals surface area contributed by atoms with Gasteiger partial charge in [0.25, 0.3) is 5.91 Å². The number of carbonyl (C=O) groups excluding carboxylic acids is 1. The monoisotopic (exact) mass is 368 g/mol. The lowest BCUT2D eigenvalue weighted by molar-refractivity contribution is -0.112. The Morgan fingerprint density at radius 1 is 1.30 bits per heavy atom. The Morgan fingerprint density at radius 2 is 2.07 bits per heavy atom. The topological polar surface area (TPSA) is 61.4 Å². The van der Waals surface area contributed by atoms with Crippen molar-refractivity contribution in [3.05, 3.63) is 35.9 Å². The van der Waals surface area contributed by atoms with Crippen molar-refractivity contribution in [2.45, 2.75) is 70.9 Å². The first-order valence-electron chi connectivity index (χ1n) is 10.3. The third-order valence-corrected chi connectivity index (χ3v) is 7.20. The smallest absolute Gasteiger partial charge is 0.250 e. The van der Waals surface area contributed by atoms with Gasteiger partial charge in [-0.1, -0.05) is 26.3 Å². The van der Waals surface area contributed by atoms with E-state index in [-0.39, 0.29) is 17.2 Å². The van der Waals surface area contributed by atoms with Crippen molar-refractivity contribution in [3.63, 3.8) is 0 Å². The summed E-state index contributed by atoms with van der Waals surface area (Å²) < 4.78 is 0. The van der Waals surface area contributed by atoms with E-state index < -0.39 is 0 Å². The van der Waals surface area contributed by atoms with E-state index >= 15 is 0 Å². The SMILES string of the molecule is C=C(C)C(=O)Nc1ccc(O)c(CNC23CCC[C@H]4C[C@@](C)(CC4C2)C3)c1. The van der Waals surface area contributed by atoms with E-state index in [1.165, 1.54) is 44.9 Å². The second kappa shape index (κ2) is 6.66. The number of phenols is 1. The molecular weight excluding hydrogens is 336 g/mol. The van der Waals surface area contributed by atoms with E-state index in [0.717, 1.165) is 17.4 Å². The summed E-state index contributed by atoms with van der Waals surface area (Å²) in [5.41, 5.74) is 2.70. The van der Waals surface area contributed by atoms with Crippen molar-refractivity contribution in [3.8, 4) is 5.75 Å². The van der Waals surface area contributed by atoms with Gasteiger partial charge in [-0.15, -0.1) is 0 Å². The largest absolute Gasteiger partial charge is 0.508 e. The molecule has 3 saturated carbocycles. The van der Waals surface area contributed by atoms with E-state index in [0.29, 0.717) is 23.2 Å². The second-order valence-corrected chi connectivity index (χ2v) is 9.72. The first kappa shape index (κ1) is 18.5. The predicted octanol–water partition coefficient (Wildman–Crippen LogP) is 4.75. The average molecular weight is 369 g/mol. The van der Waals surface area contributed by atoms with E-state index in [9.17, 15) is 9.90 Å². The number of rotatable bonds is 5. The van der Waals surface area contributed by atoms with E-state index in [1.807, 2.05) is 6.07 Å². The van der Waals surface area contributed by atoms with Gasteiger partial charge in [0.15, 0.2) is 0 Å². The van der Waals surface area contributed by atoms with Crippen molar-refractivity contribution in [2.75, 3.05) is 5.32 Å². The minimum Gasteiger partial charge on any atom is -0.508 e. The molecular formula is C23H32N2O2. The van der Waals surface area contributed by atoms with Crippen molar-refractivity contribution < 1.29 is 9.90 Å². The number of anilines is 1. The molecule has 3 aliphatic rings. The Labute approximate surface area is 162 Å². The molecule has 0 radical (unpaired) electrons. The fraction of sp³-hybridized carbons (Fsp3) is 0.609. The lowest BCUT2D eigenvalue weighted by Crippen LogP contribution is -2.50. The highest BCUT2D eigenvalue weighted by Crippen LogP contribution is 2.61. The summed E-state index contributed by atoms with van der Waals surface area (Å²) in [5.74, 6) is 1.89. The zero-order valence-electron chi connectivity index (χ0n) is 16.6. The van der Waals surface area contributed by atoms with Crippen LogP contribution in [0.15, 0.2) is 30.4 Å². The first-order valence-corrected chi connectivity index (χ1v) is 10.3. The van der Waals surface area contributed by atoms with Crippen LogP contribution in [0.4, 0.5) is 5.69 Å². The maximum absolute atomic E-state index is 11.9. The first-order chi connectivity index (χ1) is 12.8. The molecule has 0 spiro atoms. The molecule has 3 bridgehead atoms. The number of phenolic OH excluding ortho intramolecular Hbond substituents is 1. The quantitative estimate of drug-likeness (QED) is 0.519. The summed E-state index contributed by atoms with van der Waals surface area (Å²) in [6, 6.07) is 5.27. The van der Waals surface area contributed by atoms with Crippen LogP contribution in [0.1, 0.15) is 64.4 Å². The Hall–Kier alpha value is -1.81. The summed E-state index contributed by atoms with van der Waals surface area (Å²) >= 11 is 0. The van der Waals surface area contributed by atoms with Crippen LogP contribution < -0.4 is 10.6 Å². The van der Waals surface area contributed by atoms with Gasteiger partial charge < -0.3 is 15.7 Å². The molecule has 3 aliphatic carbocycles. The van der Waals surface area contributed by atoms with Gasteiger partial charge in [-0.2, -0.15) is 0 Å². The normalized spacial score (nSPS) is 34.3. The van der Waals surface area contributed by atoms with Crippen LogP contribution in [0.3, 0.4) is 0 Å². The lowest BCUT2D eigenvalue weighted by Gasteiger charge is -2.46. The molecule has 0 saturated heterocycles. The fourth-order valence-corrected chi connectivity index (χ4v) is 6.24. The van der Waals surface area contributed by atoms with Crippen LogP contribution in [0.2, 0.25) is 0 Å². The molecule has 4 atom stereocenters. The van der Waals surface area contributed by atoms with Crippen molar-refractivity contribution >= 4 is 11.6 Å². The zero-order chi connectivity index (χ0) is 19.2. The minimum atomic E-state index is -0.190. The van der Waals surface area contributed by atoms with Crippen molar-refractivity contribution in [2.24, 2.45) is 17.3 Å². The highest BCUT2D eigenvalue weighted by atomic mass is 16.3. The molecule has 0 aliphatic heterocycles. The van der Waals surface area contributed by atoms with E-state index in [4.69, 9.17) is 0 Å². The van der Waals surface area contributed by atoms with Gasteiger partial charge in [-0.05, 0) is 74.5 Å². The van der Waals surface area contributed by atoms with E-state index in [2.05, 4.69) is 24.1 Å². The molecule has 146 valence electrons. The molecule has 4 rings (SSSR count). The zero-order valence-corrected chi connectivity index (χ0v) is 16.6. The number of aromatic hydroxyl groups is 1. The predicted molar refractivity (Wildman–Crippen MR) is 109 cm³/mol. The molecule has 3 fully saturated rings. The summed E-state index contributed by atoms with van der Waals surface area (Å²) in [7, 11) is 0. The second-order valence-electron chi connectivity index (χ2n) is 9.72. The Balaban J connectivity index is 1.49. The molecule has 27 heavy (non-hydrogen) atoms. The Morgan fingerprint density at radius 3 is 2.85 bits per heavy atom. The average Bonchev–Trinajstić information content (AvgIpc) is 2.75. The number of nitrogens with one attached hydrogen (secondary N) is 2. The van der Waals surface area contributed by atoms with E-state index in [1.54, 1.807) is 19.1 Å². The minimum absolute atomic E-state index is 0.190. The lowest BCUT2D eigenvalue weighted by atomic mass is 9.66. The van der Waals surface area contributed by atoms with Gasteiger partial charge >= 0.3 is 0 Å². The van der Waals surface area contributed by atoms with Crippen LogP contribution >= 0.6 is 0 Å². The summed E-state index contributed by atoms with van der Waals surface area (Å²) in [6.07, 6.45) is 9.26. The number of fused-ring (bicyclic) bond motifs is 2. The molecule has 1 aromatic carbocycles. The number of benzene rings is 1. The van der Waals surface area contributed by atoms with Crippen LogP contribution in [0, 0.1) is 17.3 Å². The van der Waals surface area contributed by atoms with Crippen LogP contribution in [-0.4, -0.2) is 16.6 Å². The van der Waals surface area contributed by atoms with Gasteiger partial charge in [-0.25, -0.2) is 0 Å². The summed E-state index contributed by atoms with van der Waals surface area (Å²) in [5, 5.41) is 17.0. The molecule has 1 aromatic rings. The molecule has 1 amide bonds. The maximum atomic E-state index is 11.9. The van der Waals surface area contributed by atoms with Gasteiger partial charge in [0, 0.05) is 28.9 Å². The summed E-state index contributed by atoms with van der Waals surface area (Å²) in [6.45, 7) is 8.48. The molecule has 4 heteroatoms. The van der Waals surface area contributed by atoms with Crippen LogP contribution in [0.5, 0.6) is 5.75 Å². The van der Waals surface area contributed by atoms with Crippen molar-refractivity contribution in [1.82, 2.24) is 5.32 Å². The van der Waals surface area contributed by atoms with Gasteiger partial charge in [-0.3, -0.25) is 4.79 Å². The van der Waals surface area contributed by atoms with Gasteiger partial charge in [0.1, 0.15) is 5.75 Å². The third-order valence-electron chi connectivity index (χ3n) is 7.20. The number of carbonyl (C=O) groups is 1. The van der Waals surface area contributed by atoms with Gasteiger partial charge in [0.2, 0.25) is 0 Å². The summed E-state index contributed by atoms with van der Waals surface area (Å²) in [4.78, 5) is 11.9. The third kappa shape index (κ3) is 3.64. The standard InChI is InChI=1S/C23H32N2O2/c1-15(2)21(27)25-19-6-7-20(26)17(9-19)13-24-23-8-4-5-16-10-22(3,14-23)11-18(16)12-23/h6-7,9,16,18,24,26H,1,4-5,8,10-14H2,2-3H3,(H,25,27)/t16-,18?,22-,23?/m0/s1. The number of amides is 1. The molecule has 0 aromatic heterocycles. The van der Waals surface area contributed by atoms with Crippen LogP contribution in [-0.2, 0) is 11.3 Å². The highest BCUT2D eigenvalue weighted by Gasteiger charge is 2.54. The number of hydrogen-bond acceptors (Lipinski definition) is 3. The highest BCUT2D eigenvalue weighted by molar-refractivity contribution is 6.02. The molecule has 4 nitrogen and oxygen atoms in total. The Bertz CT molecular complexity index is 774. The van der Waals surface area contributed by atoms with Crippen LogP contribution in [0.25, 0.3) is 0 Å². The number of hydrogen-bond donors (Lipinski definition) is 3. The van der Waals surface area contributed by atoms with Gasteiger partial charge in [0.05, 0.1) is 0 Å². The Kier molecular flexibility index (Phi) is 4.58. The molecule has 3 N–H and O–H groups in total.